The minimum absolute atomic E-state index is 0.0474. The van der Waals surface area contributed by atoms with Crippen LogP contribution in [0.5, 0.6) is 0 Å². The number of hydrogen-bond acceptors (Lipinski definition) is 4. The van der Waals surface area contributed by atoms with Crippen molar-refractivity contribution >= 4 is 17.6 Å². The van der Waals surface area contributed by atoms with E-state index in [9.17, 15) is 4.79 Å². The molecule has 29 heavy (non-hydrogen) atoms. The van der Waals surface area contributed by atoms with Crippen molar-refractivity contribution in [2.75, 3.05) is 51.8 Å². The molecule has 1 fully saturated rings. The largest absolute Gasteiger partial charge is 0.379 e. The number of nitrogens with zero attached hydrogens (tertiary/aromatic N) is 2. The Labute approximate surface area is 175 Å². The van der Waals surface area contributed by atoms with Crippen molar-refractivity contribution in [1.82, 2.24) is 15.5 Å². The molecule has 0 saturated carbocycles. The molecule has 1 saturated heterocycles. The standard InChI is InChI=1S/C22H37N5O2/c1-3-4-5-6-11-24-22(23-2)25-18-19-8-7-9-20(17-19)26-21(28)10-12-27-13-15-29-16-14-27/h7-9,17H,3-6,10-16,18H2,1-2H3,(H,26,28)(H2,23,24,25). The summed E-state index contributed by atoms with van der Waals surface area (Å²) in [6.07, 6.45) is 5.41. The molecule has 3 N–H and O–H groups in total. The van der Waals surface area contributed by atoms with E-state index in [1.807, 2.05) is 24.3 Å². The summed E-state index contributed by atoms with van der Waals surface area (Å²) in [6.45, 7) is 7.90. The first-order valence-corrected chi connectivity index (χ1v) is 10.8. The number of unbranched alkanes of at least 4 members (excludes halogenated alkanes) is 3. The third kappa shape index (κ3) is 9.76. The summed E-state index contributed by atoms with van der Waals surface area (Å²) in [5.41, 5.74) is 1.93. The maximum absolute atomic E-state index is 12.3. The molecule has 1 amide bonds. The molecule has 162 valence electrons. The average Bonchev–Trinajstić information content (AvgIpc) is 2.75. The Hall–Kier alpha value is -2.12. The zero-order chi connectivity index (χ0) is 20.7. The smallest absolute Gasteiger partial charge is 0.225 e. The second-order valence-electron chi connectivity index (χ2n) is 7.37. The van der Waals surface area contributed by atoms with Crippen LogP contribution in [0.4, 0.5) is 5.69 Å². The van der Waals surface area contributed by atoms with Crippen LogP contribution >= 0.6 is 0 Å². The number of morpholine rings is 1. The molecule has 0 atom stereocenters. The maximum atomic E-state index is 12.3. The van der Waals surface area contributed by atoms with Gasteiger partial charge in [0.1, 0.15) is 0 Å². The zero-order valence-corrected chi connectivity index (χ0v) is 18.0. The van der Waals surface area contributed by atoms with Gasteiger partial charge < -0.3 is 20.7 Å². The van der Waals surface area contributed by atoms with E-state index in [2.05, 4.69) is 32.8 Å². The molecular weight excluding hydrogens is 366 g/mol. The van der Waals surface area contributed by atoms with Crippen molar-refractivity contribution in [2.24, 2.45) is 4.99 Å². The van der Waals surface area contributed by atoms with Crippen molar-refractivity contribution in [3.8, 4) is 0 Å². The van der Waals surface area contributed by atoms with Gasteiger partial charge in [0.05, 0.1) is 13.2 Å². The van der Waals surface area contributed by atoms with Crippen LogP contribution in [0.3, 0.4) is 0 Å². The zero-order valence-electron chi connectivity index (χ0n) is 18.0. The lowest BCUT2D eigenvalue weighted by molar-refractivity contribution is -0.116. The van der Waals surface area contributed by atoms with Gasteiger partial charge in [-0.15, -0.1) is 0 Å². The van der Waals surface area contributed by atoms with E-state index in [4.69, 9.17) is 4.74 Å². The molecular formula is C22H37N5O2. The number of ether oxygens (including phenoxy) is 1. The molecule has 7 heteroatoms. The second kappa shape index (κ2) is 14.0. The van der Waals surface area contributed by atoms with Gasteiger partial charge in [0.15, 0.2) is 5.96 Å². The number of nitrogens with one attached hydrogen (secondary N) is 3. The van der Waals surface area contributed by atoms with Crippen molar-refractivity contribution in [1.29, 1.82) is 0 Å². The van der Waals surface area contributed by atoms with Crippen LogP contribution in [-0.4, -0.2) is 63.2 Å². The minimum Gasteiger partial charge on any atom is -0.379 e. The number of rotatable bonds is 11. The Morgan fingerprint density at radius 2 is 2.00 bits per heavy atom. The third-order valence-corrected chi connectivity index (χ3v) is 4.98. The van der Waals surface area contributed by atoms with Crippen LogP contribution in [0.2, 0.25) is 0 Å². The summed E-state index contributed by atoms with van der Waals surface area (Å²) in [5.74, 6) is 0.854. The lowest BCUT2D eigenvalue weighted by atomic mass is 10.2. The van der Waals surface area contributed by atoms with Gasteiger partial charge in [0.25, 0.3) is 0 Å². The van der Waals surface area contributed by atoms with Gasteiger partial charge in [-0.2, -0.15) is 0 Å². The van der Waals surface area contributed by atoms with Crippen molar-refractivity contribution in [3.05, 3.63) is 29.8 Å². The Morgan fingerprint density at radius 3 is 2.76 bits per heavy atom. The van der Waals surface area contributed by atoms with Gasteiger partial charge in [-0.3, -0.25) is 14.7 Å². The van der Waals surface area contributed by atoms with Crippen LogP contribution in [0.1, 0.15) is 44.6 Å². The number of amides is 1. The summed E-state index contributed by atoms with van der Waals surface area (Å²) in [4.78, 5) is 18.8. The molecule has 0 spiro atoms. The van der Waals surface area contributed by atoms with E-state index in [0.717, 1.165) is 63.0 Å². The highest BCUT2D eigenvalue weighted by molar-refractivity contribution is 5.90. The number of guanidine groups is 1. The van der Waals surface area contributed by atoms with Crippen LogP contribution in [0, 0.1) is 0 Å². The van der Waals surface area contributed by atoms with Gasteiger partial charge in [0.2, 0.25) is 5.91 Å². The fraction of sp³-hybridized carbons (Fsp3) is 0.636. The molecule has 1 aliphatic heterocycles. The number of hydrogen-bond donors (Lipinski definition) is 3. The van der Waals surface area contributed by atoms with E-state index in [-0.39, 0.29) is 5.91 Å². The van der Waals surface area contributed by atoms with Gasteiger partial charge in [-0.05, 0) is 24.1 Å². The SMILES string of the molecule is CCCCCCNC(=NC)NCc1cccc(NC(=O)CCN2CCOCC2)c1. The normalized spacial score (nSPS) is 15.2. The van der Waals surface area contributed by atoms with Crippen LogP contribution in [-0.2, 0) is 16.1 Å². The molecule has 1 aromatic carbocycles. The van der Waals surface area contributed by atoms with Crippen molar-refractivity contribution < 1.29 is 9.53 Å². The average molecular weight is 404 g/mol. The van der Waals surface area contributed by atoms with Crippen molar-refractivity contribution in [3.63, 3.8) is 0 Å². The number of carbonyl (C=O) groups excluding carboxylic acids is 1. The molecule has 7 nitrogen and oxygen atoms in total. The van der Waals surface area contributed by atoms with Gasteiger partial charge in [0, 0.05) is 51.9 Å². The first-order chi connectivity index (χ1) is 14.2. The lowest BCUT2D eigenvalue weighted by Crippen LogP contribution is -2.38. The first-order valence-electron chi connectivity index (χ1n) is 10.8. The van der Waals surface area contributed by atoms with Crippen LogP contribution in [0.15, 0.2) is 29.3 Å². The third-order valence-electron chi connectivity index (χ3n) is 4.98. The van der Waals surface area contributed by atoms with Gasteiger partial charge in [-0.25, -0.2) is 0 Å². The fourth-order valence-electron chi connectivity index (χ4n) is 3.23. The van der Waals surface area contributed by atoms with E-state index >= 15 is 0 Å². The number of carbonyl (C=O) groups is 1. The lowest BCUT2D eigenvalue weighted by Gasteiger charge is -2.26. The summed E-state index contributed by atoms with van der Waals surface area (Å²) < 4.78 is 5.34. The molecule has 0 aliphatic carbocycles. The quantitative estimate of drug-likeness (QED) is 0.301. The van der Waals surface area contributed by atoms with Crippen LogP contribution in [0.25, 0.3) is 0 Å². The van der Waals surface area contributed by atoms with Gasteiger partial charge in [-0.1, -0.05) is 38.3 Å². The topological polar surface area (TPSA) is 78.0 Å². The minimum atomic E-state index is 0.0474. The van der Waals surface area contributed by atoms with Gasteiger partial charge >= 0.3 is 0 Å². The number of benzene rings is 1. The highest BCUT2D eigenvalue weighted by atomic mass is 16.5. The maximum Gasteiger partial charge on any atom is 0.225 e. The summed E-state index contributed by atoms with van der Waals surface area (Å²) in [5, 5.41) is 9.69. The second-order valence-corrected chi connectivity index (χ2v) is 7.37. The Morgan fingerprint density at radius 1 is 1.17 bits per heavy atom. The molecule has 0 unspecified atom stereocenters. The van der Waals surface area contributed by atoms with Crippen molar-refractivity contribution in [2.45, 2.75) is 45.6 Å². The highest BCUT2D eigenvalue weighted by Crippen LogP contribution is 2.11. The molecule has 1 aromatic rings. The molecule has 1 heterocycles. The highest BCUT2D eigenvalue weighted by Gasteiger charge is 2.12. The summed E-state index contributed by atoms with van der Waals surface area (Å²) in [6, 6.07) is 7.95. The Balaban J connectivity index is 1.71. The van der Waals surface area contributed by atoms with E-state index < -0.39 is 0 Å². The number of aliphatic imine (C=N–C) groups is 1. The predicted octanol–water partition coefficient (Wildman–Crippen LogP) is 2.59. The summed E-state index contributed by atoms with van der Waals surface area (Å²) in [7, 11) is 1.78. The Kier molecular flexibility index (Phi) is 11.1. The van der Waals surface area contributed by atoms with Crippen LogP contribution < -0.4 is 16.0 Å². The Bertz CT molecular complexity index is 629. The molecule has 0 aromatic heterocycles. The molecule has 0 radical (unpaired) electrons. The predicted molar refractivity (Wildman–Crippen MR) is 119 cm³/mol. The fourth-order valence-corrected chi connectivity index (χ4v) is 3.23. The monoisotopic (exact) mass is 403 g/mol. The van der Waals surface area contributed by atoms with E-state index in [1.54, 1.807) is 7.05 Å². The molecule has 2 rings (SSSR count). The molecule has 1 aliphatic rings. The summed E-state index contributed by atoms with van der Waals surface area (Å²) >= 11 is 0. The van der Waals surface area contributed by atoms with E-state index in [1.165, 1.54) is 19.3 Å². The number of anilines is 1. The molecule has 0 bridgehead atoms. The van der Waals surface area contributed by atoms with E-state index in [0.29, 0.717) is 13.0 Å². The first kappa shape index (κ1) is 23.2.